The molecule has 264 valence electrons. The molecule has 0 aromatic heterocycles. The molecule has 0 saturated heterocycles. The summed E-state index contributed by atoms with van der Waals surface area (Å²) in [5, 5.41) is 9.53. The van der Waals surface area contributed by atoms with E-state index >= 15 is 0 Å². The van der Waals surface area contributed by atoms with Gasteiger partial charge in [-0.1, -0.05) is 164 Å². The van der Waals surface area contributed by atoms with Gasteiger partial charge in [-0.15, -0.1) is 0 Å². The van der Waals surface area contributed by atoms with Gasteiger partial charge in [0.15, 0.2) is 6.10 Å². The van der Waals surface area contributed by atoms with E-state index in [-0.39, 0.29) is 31.6 Å². The predicted octanol–water partition coefficient (Wildman–Crippen LogP) is 11.6. The van der Waals surface area contributed by atoms with Gasteiger partial charge in [0.2, 0.25) is 0 Å². The van der Waals surface area contributed by atoms with Gasteiger partial charge in [-0.2, -0.15) is 0 Å². The highest BCUT2D eigenvalue weighted by Crippen LogP contribution is 2.14. The maximum Gasteiger partial charge on any atom is 0.306 e. The lowest BCUT2D eigenvalue weighted by atomic mass is 10.0. The lowest BCUT2D eigenvalue weighted by Crippen LogP contribution is -2.28. The highest BCUT2D eigenvalue weighted by Gasteiger charge is 2.15. The zero-order valence-electron chi connectivity index (χ0n) is 29.8. The first-order valence-corrected chi connectivity index (χ1v) is 18.8. The molecule has 0 radical (unpaired) electrons. The Bertz CT molecular complexity index is 823. The molecule has 0 aromatic carbocycles. The fourth-order valence-electron chi connectivity index (χ4n) is 5.00. The molecule has 0 aliphatic heterocycles. The molecule has 0 unspecified atom stereocenters. The van der Waals surface area contributed by atoms with Crippen LogP contribution in [-0.2, 0) is 19.1 Å². The number of aliphatic hydroxyl groups excluding tert-OH is 1. The summed E-state index contributed by atoms with van der Waals surface area (Å²) in [6.45, 7) is 3.97. The Morgan fingerprint density at radius 3 is 1.39 bits per heavy atom. The van der Waals surface area contributed by atoms with Gasteiger partial charge < -0.3 is 14.6 Å². The third-order valence-corrected chi connectivity index (χ3v) is 7.83. The minimum atomic E-state index is -0.800. The van der Waals surface area contributed by atoms with Crippen molar-refractivity contribution in [1.82, 2.24) is 0 Å². The van der Waals surface area contributed by atoms with Gasteiger partial charge in [0, 0.05) is 12.8 Å². The average Bonchev–Trinajstić information content (AvgIpc) is 3.06. The first kappa shape index (κ1) is 43.6. The summed E-state index contributed by atoms with van der Waals surface area (Å²) >= 11 is 0. The van der Waals surface area contributed by atoms with Crippen LogP contribution in [0, 0.1) is 0 Å². The Balaban J connectivity index is 3.67. The predicted molar refractivity (Wildman–Crippen MR) is 196 cm³/mol. The quantitative estimate of drug-likeness (QED) is 0.0438. The number of aliphatic hydroxyl groups is 1. The van der Waals surface area contributed by atoms with Crippen molar-refractivity contribution < 1.29 is 24.2 Å². The maximum atomic E-state index is 12.1. The molecule has 5 nitrogen and oxygen atoms in total. The summed E-state index contributed by atoms with van der Waals surface area (Å²) < 4.78 is 10.5. The van der Waals surface area contributed by atoms with Crippen molar-refractivity contribution in [3.05, 3.63) is 60.8 Å². The second-order valence-corrected chi connectivity index (χ2v) is 12.3. The molecule has 0 aromatic rings. The third-order valence-electron chi connectivity index (χ3n) is 7.83. The lowest BCUT2D eigenvalue weighted by Gasteiger charge is -2.15. The smallest absolute Gasteiger partial charge is 0.306 e. The number of hydrogen-bond acceptors (Lipinski definition) is 5. The first-order chi connectivity index (χ1) is 22.6. The molecule has 0 aliphatic rings. The van der Waals surface area contributed by atoms with E-state index in [0.29, 0.717) is 12.8 Å². The van der Waals surface area contributed by atoms with Crippen molar-refractivity contribution in [3.8, 4) is 0 Å². The van der Waals surface area contributed by atoms with Crippen molar-refractivity contribution >= 4 is 11.9 Å². The second-order valence-electron chi connectivity index (χ2n) is 12.3. The number of carbonyl (C=O) groups is 2. The van der Waals surface area contributed by atoms with Crippen molar-refractivity contribution in [3.63, 3.8) is 0 Å². The molecule has 0 bridgehead atoms. The molecule has 0 amide bonds. The molecule has 5 heteroatoms. The molecule has 1 atom stereocenters. The number of ether oxygens (including phenoxy) is 2. The van der Waals surface area contributed by atoms with Crippen LogP contribution in [0.3, 0.4) is 0 Å². The minimum absolute atomic E-state index is 0.0887. The van der Waals surface area contributed by atoms with Gasteiger partial charge in [0.05, 0.1) is 6.61 Å². The minimum Gasteiger partial charge on any atom is -0.462 e. The largest absolute Gasteiger partial charge is 0.462 e. The summed E-state index contributed by atoms with van der Waals surface area (Å²) in [7, 11) is 0. The summed E-state index contributed by atoms with van der Waals surface area (Å²) in [6, 6.07) is 0. The molecule has 1 N–H and O–H groups in total. The Morgan fingerprint density at radius 2 is 0.935 bits per heavy atom. The van der Waals surface area contributed by atoms with Crippen molar-refractivity contribution in [2.45, 2.75) is 174 Å². The monoisotopic (exact) mass is 643 g/mol. The SMILES string of the molecule is CC/C=C\C/C=C\C/C=C\C/C=C\C/C=C\CCCC(=O)O[C@@H](CO)COC(=O)CCCCCCCCCCCCCCCCC. The van der Waals surface area contributed by atoms with Crippen LogP contribution < -0.4 is 0 Å². The maximum absolute atomic E-state index is 12.1. The number of rotatable bonds is 33. The van der Waals surface area contributed by atoms with E-state index in [1.807, 2.05) is 0 Å². The van der Waals surface area contributed by atoms with Crippen LogP contribution in [0.15, 0.2) is 60.8 Å². The van der Waals surface area contributed by atoms with Crippen LogP contribution in [-0.4, -0.2) is 36.4 Å². The number of allylic oxidation sites excluding steroid dienone is 10. The summed E-state index contributed by atoms with van der Waals surface area (Å²) in [5.41, 5.74) is 0. The zero-order valence-corrected chi connectivity index (χ0v) is 29.8. The summed E-state index contributed by atoms with van der Waals surface area (Å²) in [6.07, 6.45) is 47.1. The Labute approximate surface area is 283 Å². The average molecular weight is 643 g/mol. The molecular formula is C41H70O5. The highest BCUT2D eigenvalue weighted by molar-refractivity contribution is 5.70. The van der Waals surface area contributed by atoms with Crippen LogP contribution in [0.25, 0.3) is 0 Å². The van der Waals surface area contributed by atoms with Gasteiger partial charge in [-0.3, -0.25) is 9.59 Å². The number of carbonyl (C=O) groups excluding carboxylic acids is 2. The van der Waals surface area contributed by atoms with Crippen molar-refractivity contribution in [2.75, 3.05) is 13.2 Å². The standard InChI is InChI=1S/C41H70O5/c1-3-5-7-9-11-13-15-17-19-20-22-24-26-28-30-32-34-36-41(44)46-39(37-42)38-45-40(43)35-33-31-29-27-25-23-21-18-16-14-12-10-8-6-4-2/h5,7,11,13,17,19,22,24,28,30,39,42H,3-4,6,8-10,12,14-16,18,20-21,23,25-27,29,31-38H2,1-2H3/b7-5-,13-11-,19-17-,24-22-,30-28-/t39-/m0/s1. The molecule has 0 heterocycles. The van der Waals surface area contributed by atoms with E-state index in [4.69, 9.17) is 9.47 Å². The normalized spacial score (nSPS) is 12.8. The van der Waals surface area contributed by atoms with Crippen LogP contribution in [0.2, 0.25) is 0 Å². The van der Waals surface area contributed by atoms with Gasteiger partial charge in [0.1, 0.15) is 6.61 Å². The van der Waals surface area contributed by atoms with Crippen LogP contribution in [0.4, 0.5) is 0 Å². The molecule has 0 spiro atoms. The topological polar surface area (TPSA) is 72.8 Å². The third kappa shape index (κ3) is 34.5. The van der Waals surface area contributed by atoms with Gasteiger partial charge in [0.25, 0.3) is 0 Å². The van der Waals surface area contributed by atoms with E-state index in [9.17, 15) is 14.7 Å². The molecule has 0 saturated carbocycles. The number of esters is 2. The van der Waals surface area contributed by atoms with E-state index in [0.717, 1.165) is 57.8 Å². The van der Waals surface area contributed by atoms with E-state index in [2.05, 4.69) is 74.6 Å². The van der Waals surface area contributed by atoms with E-state index in [1.165, 1.54) is 77.0 Å². The molecule has 0 fully saturated rings. The Morgan fingerprint density at radius 1 is 0.522 bits per heavy atom. The lowest BCUT2D eigenvalue weighted by molar-refractivity contribution is -0.161. The van der Waals surface area contributed by atoms with Crippen LogP contribution >= 0.6 is 0 Å². The first-order valence-electron chi connectivity index (χ1n) is 18.8. The number of hydrogen-bond donors (Lipinski definition) is 1. The molecule has 0 aliphatic carbocycles. The molecule has 46 heavy (non-hydrogen) atoms. The van der Waals surface area contributed by atoms with Crippen molar-refractivity contribution in [2.24, 2.45) is 0 Å². The zero-order chi connectivity index (χ0) is 33.6. The number of unbranched alkanes of at least 4 members (excludes halogenated alkanes) is 15. The van der Waals surface area contributed by atoms with Gasteiger partial charge in [-0.05, 0) is 51.4 Å². The van der Waals surface area contributed by atoms with E-state index < -0.39 is 6.10 Å². The van der Waals surface area contributed by atoms with Crippen molar-refractivity contribution in [1.29, 1.82) is 0 Å². The Hall–Kier alpha value is -2.40. The highest BCUT2D eigenvalue weighted by atomic mass is 16.6. The fraction of sp³-hybridized carbons (Fsp3) is 0.707. The van der Waals surface area contributed by atoms with Crippen LogP contribution in [0.5, 0.6) is 0 Å². The second kappa shape index (κ2) is 37.1. The van der Waals surface area contributed by atoms with Crippen LogP contribution in [0.1, 0.15) is 168 Å². The summed E-state index contributed by atoms with van der Waals surface area (Å²) in [5.74, 6) is -0.660. The van der Waals surface area contributed by atoms with Gasteiger partial charge in [-0.25, -0.2) is 0 Å². The summed E-state index contributed by atoms with van der Waals surface area (Å²) in [4.78, 5) is 24.2. The Kier molecular flexibility index (Phi) is 35.1. The molecular weight excluding hydrogens is 572 g/mol. The van der Waals surface area contributed by atoms with Gasteiger partial charge >= 0.3 is 11.9 Å². The fourth-order valence-corrected chi connectivity index (χ4v) is 5.00. The van der Waals surface area contributed by atoms with E-state index in [1.54, 1.807) is 0 Å². The molecule has 0 rings (SSSR count).